The molecule has 0 N–H and O–H groups in total. The molecule has 0 aliphatic heterocycles. The zero-order valence-electron chi connectivity index (χ0n) is 11.8. The molecule has 0 fully saturated rings. The van der Waals surface area contributed by atoms with Gasteiger partial charge < -0.3 is 9.80 Å². The fraction of sp³-hybridized carbons (Fsp3) is 0.462. The molecule has 0 radical (unpaired) electrons. The molecule has 0 saturated heterocycles. The van der Waals surface area contributed by atoms with E-state index in [1.165, 1.54) is 11.3 Å². The number of aromatic nitrogens is 2. The van der Waals surface area contributed by atoms with Crippen LogP contribution in [0.25, 0.3) is 10.2 Å². The van der Waals surface area contributed by atoms with Gasteiger partial charge in [0, 0.05) is 20.6 Å². The Hall–Kier alpha value is -1.40. The van der Waals surface area contributed by atoms with Crippen LogP contribution in [0.1, 0.15) is 13.3 Å². The first-order chi connectivity index (χ1) is 9.52. The first kappa shape index (κ1) is 15.0. The van der Waals surface area contributed by atoms with Crippen LogP contribution in [0.5, 0.6) is 0 Å². The number of likely N-dealkylation sites (N-methyl/N-ethyl adjacent to an activating group) is 1. The van der Waals surface area contributed by atoms with E-state index in [2.05, 4.69) is 16.9 Å². The average Bonchev–Trinajstić information content (AvgIpc) is 2.84. The van der Waals surface area contributed by atoms with Crippen LogP contribution in [-0.2, 0) is 4.79 Å². The summed E-state index contributed by atoms with van der Waals surface area (Å²) in [6.45, 7) is 3.11. The third kappa shape index (κ3) is 3.19. The van der Waals surface area contributed by atoms with Gasteiger partial charge >= 0.3 is 0 Å². The smallest absolute Gasteiger partial charge is 0.241 e. The molecule has 0 aliphatic rings. The Balaban J connectivity index is 2.40. The van der Waals surface area contributed by atoms with Crippen molar-refractivity contribution < 1.29 is 4.79 Å². The number of carbonyl (C=O) groups excluding carboxylic acids is 1. The predicted molar refractivity (Wildman–Crippen MR) is 83.6 cm³/mol. The molecule has 2 aromatic rings. The lowest BCUT2D eigenvalue weighted by molar-refractivity contribution is -0.127. The summed E-state index contributed by atoms with van der Waals surface area (Å²) in [5.41, 5.74) is 0. The van der Waals surface area contributed by atoms with Crippen LogP contribution < -0.4 is 4.90 Å². The molecular formula is C13H17ClN4OS. The van der Waals surface area contributed by atoms with E-state index in [9.17, 15) is 4.79 Å². The Morgan fingerprint density at radius 2 is 2.15 bits per heavy atom. The van der Waals surface area contributed by atoms with Crippen molar-refractivity contribution in [2.45, 2.75) is 13.3 Å². The van der Waals surface area contributed by atoms with E-state index in [1.807, 2.05) is 16.3 Å². The molecule has 108 valence electrons. The van der Waals surface area contributed by atoms with Gasteiger partial charge in [-0.05, 0) is 29.5 Å². The highest BCUT2D eigenvalue weighted by Crippen LogP contribution is 2.29. The maximum Gasteiger partial charge on any atom is 0.241 e. The van der Waals surface area contributed by atoms with Gasteiger partial charge in [-0.15, -0.1) is 11.3 Å². The number of hydrogen-bond acceptors (Lipinski definition) is 5. The summed E-state index contributed by atoms with van der Waals surface area (Å²) in [6, 6.07) is 1.97. The van der Waals surface area contributed by atoms with E-state index in [0.717, 1.165) is 29.0 Å². The summed E-state index contributed by atoms with van der Waals surface area (Å²) in [5.74, 6) is 0.773. The zero-order chi connectivity index (χ0) is 14.7. The first-order valence-corrected chi connectivity index (χ1v) is 7.64. The summed E-state index contributed by atoms with van der Waals surface area (Å²) in [7, 11) is 3.50. The predicted octanol–water partition coefficient (Wildman–Crippen LogP) is 2.65. The van der Waals surface area contributed by atoms with Crippen molar-refractivity contribution in [1.29, 1.82) is 0 Å². The normalized spacial score (nSPS) is 10.8. The molecule has 0 atom stereocenters. The largest absolute Gasteiger partial charge is 0.347 e. The summed E-state index contributed by atoms with van der Waals surface area (Å²) in [4.78, 5) is 24.9. The fourth-order valence-electron chi connectivity index (χ4n) is 1.89. The number of carbonyl (C=O) groups is 1. The Morgan fingerprint density at radius 3 is 2.80 bits per heavy atom. The summed E-state index contributed by atoms with van der Waals surface area (Å²) in [6.07, 6.45) is 0.925. The van der Waals surface area contributed by atoms with Gasteiger partial charge in [0.25, 0.3) is 0 Å². The van der Waals surface area contributed by atoms with E-state index in [1.54, 1.807) is 19.0 Å². The van der Waals surface area contributed by atoms with Gasteiger partial charge in [-0.2, -0.15) is 4.98 Å². The van der Waals surface area contributed by atoms with E-state index in [4.69, 9.17) is 11.6 Å². The van der Waals surface area contributed by atoms with Gasteiger partial charge in [-0.3, -0.25) is 4.79 Å². The van der Waals surface area contributed by atoms with Crippen LogP contribution in [0.15, 0.2) is 11.4 Å². The molecule has 0 aromatic carbocycles. The van der Waals surface area contributed by atoms with Crippen molar-refractivity contribution in [3.63, 3.8) is 0 Å². The maximum atomic E-state index is 12.0. The van der Waals surface area contributed by atoms with Crippen molar-refractivity contribution in [3.05, 3.63) is 16.7 Å². The molecule has 20 heavy (non-hydrogen) atoms. The summed E-state index contributed by atoms with van der Waals surface area (Å²) < 4.78 is 0. The van der Waals surface area contributed by atoms with Gasteiger partial charge in [0.2, 0.25) is 11.2 Å². The molecule has 0 aliphatic carbocycles. The van der Waals surface area contributed by atoms with E-state index in [-0.39, 0.29) is 11.2 Å². The Labute approximate surface area is 127 Å². The molecule has 2 aromatic heterocycles. The Morgan fingerprint density at radius 1 is 1.40 bits per heavy atom. The van der Waals surface area contributed by atoms with Gasteiger partial charge in [-0.25, -0.2) is 4.98 Å². The van der Waals surface area contributed by atoms with Crippen LogP contribution >= 0.6 is 22.9 Å². The lowest BCUT2D eigenvalue weighted by Gasteiger charge is -2.24. The maximum absolute atomic E-state index is 12.0. The number of halogens is 1. The molecule has 2 rings (SSSR count). The monoisotopic (exact) mass is 312 g/mol. The van der Waals surface area contributed by atoms with E-state index < -0.39 is 0 Å². The van der Waals surface area contributed by atoms with E-state index in [0.29, 0.717) is 6.54 Å². The molecule has 0 saturated carbocycles. The number of hydrogen-bond donors (Lipinski definition) is 0. The van der Waals surface area contributed by atoms with Crippen molar-refractivity contribution in [2.24, 2.45) is 0 Å². The number of fused-ring (bicyclic) bond motifs is 1. The summed E-state index contributed by atoms with van der Waals surface area (Å²) in [5, 5.41) is 3.12. The van der Waals surface area contributed by atoms with Gasteiger partial charge in [0.15, 0.2) is 0 Å². The van der Waals surface area contributed by atoms with Crippen LogP contribution in [0, 0.1) is 0 Å². The Bertz CT molecular complexity index is 613. The standard InChI is InChI=1S/C13H17ClN4OS/c1-4-6-18(8-10(19)17(2)3)11-9-5-7-20-12(9)16-13(14)15-11/h5,7H,4,6,8H2,1-3H3. The molecule has 0 bridgehead atoms. The van der Waals surface area contributed by atoms with Crippen LogP contribution in [0.3, 0.4) is 0 Å². The second-order valence-corrected chi connectivity index (χ2v) is 5.90. The van der Waals surface area contributed by atoms with Crippen molar-refractivity contribution in [2.75, 3.05) is 32.1 Å². The SMILES string of the molecule is CCCN(CC(=O)N(C)C)c1nc(Cl)nc2sccc12. The molecule has 1 amide bonds. The minimum atomic E-state index is 0.0385. The van der Waals surface area contributed by atoms with Crippen LogP contribution in [0.2, 0.25) is 5.28 Å². The molecule has 5 nitrogen and oxygen atoms in total. The minimum Gasteiger partial charge on any atom is -0.347 e. The van der Waals surface area contributed by atoms with Crippen molar-refractivity contribution in [3.8, 4) is 0 Å². The lowest BCUT2D eigenvalue weighted by Crippen LogP contribution is -2.37. The summed E-state index contributed by atoms with van der Waals surface area (Å²) >= 11 is 7.51. The third-order valence-corrected chi connectivity index (χ3v) is 3.87. The number of rotatable bonds is 5. The quantitative estimate of drug-likeness (QED) is 0.796. The zero-order valence-corrected chi connectivity index (χ0v) is 13.3. The van der Waals surface area contributed by atoms with Crippen molar-refractivity contribution in [1.82, 2.24) is 14.9 Å². The number of nitrogens with zero attached hydrogens (tertiary/aromatic N) is 4. The minimum absolute atomic E-state index is 0.0385. The van der Waals surface area contributed by atoms with Crippen LogP contribution in [0.4, 0.5) is 5.82 Å². The van der Waals surface area contributed by atoms with Crippen molar-refractivity contribution >= 4 is 44.9 Å². The molecule has 7 heteroatoms. The number of thiophene rings is 1. The number of anilines is 1. The second kappa shape index (κ2) is 6.37. The fourth-order valence-corrected chi connectivity index (χ4v) is 2.86. The first-order valence-electron chi connectivity index (χ1n) is 6.38. The van der Waals surface area contributed by atoms with Crippen LogP contribution in [-0.4, -0.2) is 48.0 Å². The second-order valence-electron chi connectivity index (χ2n) is 4.67. The lowest BCUT2D eigenvalue weighted by atomic mass is 10.3. The highest BCUT2D eigenvalue weighted by Gasteiger charge is 2.18. The third-order valence-electron chi connectivity index (χ3n) is 2.90. The van der Waals surface area contributed by atoms with Gasteiger partial charge in [0.1, 0.15) is 10.6 Å². The molecule has 2 heterocycles. The average molecular weight is 313 g/mol. The topological polar surface area (TPSA) is 49.3 Å². The number of amides is 1. The van der Waals surface area contributed by atoms with E-state index >= 15 is 0 Å². The van der Waals surface area contributed by atoms with Gasteiger partial charge in [-0.1, -0.05) is 6.92 Å². The highest BCUT2D eigenvalue weighted by molar-refractivity contribution is 7.16. The molecule has 0 unspecified atom stereocenters. The molecular weight excluding hydrogens is 296 g/mol. The molecule has 0 spiro atoms. The Kier molecular flexibility index (Phi) is 4.77. The van der Waals surface area contributed by atoms with Gasteiger partial charge in [0.05, 0.1) is 11.9 Å². The highest BCUT2D eigenvalue weighted by atomic mass is 35.5.